The first-order chi connectivity index (χ1) is 9.90. The molecule has 5 heteroatoms. The summed E-state index contributed by atoms with van der Waals surface area (Å²) < 4.78 is 18.1. The van der Waals surface area contributed by atoms with Gasteiger partial charge in [-0.1, -0.05) is 13.8 Å². The molecule has 1 N–H and O–H groups in total. The van der Waals surface area contributed by atoms with E-state index in [1.807, 2.05) is 13.8 Å². The number of β-amino-alcohol motifs (C(OH)–C–C–N with tert-alkyl or cyclic N) is 1. The predicted molar refractivity (Wildman–Crippen MR) is 77.5 cm³/mol. The molecule has 1 aliphatic rings. The number of ether oxygens (including phenoxy) is 1. The van der Waals surface area contributed by atoms with Crippen molar-refractivity contribution in [3.63, 3.8) is 0 Å². The van der Waals surface area contributed by atoms with Gasteiger partial charge in [0.2, 0.25) is 5.91 Å². The summed E-state index contributed by atoms with van der Waals surface area (Å²) in [5.74, 6) is 0.501. The third-order valence-electron chi connectivity index (χ3n) is 3.97. The van der Waals surface area contributed by atoms with Gasteiger partial charge in [0.15, 0.2) is 0 Å². The van der Waals surface area contributed by atoms with Gasteiger partial charge in [0.25, 0.3) is 0 Å². The molecule has 1 aromatic carbocycles. The SMILES string of the molecule is CC(C)C1(O)CN(C(=O)CCCOc2ccc(F)cc2)C1. The van der Waals surface area contributed by atoms with Crippen LogP contribution in [0.25, 0.3) is 0 Å². The maximum atomic E-state index is 12.7. The maximum absolute atomic E-state index is 12.7. The normalized spacial score (nSPS) is 16.7. The molecule has 1 saturated heterocycles. The summed E-state index contributed by atoms with van der Waals surface area (Å²) in [4.78, 5) is 13.6. The molecule has 21 heavy (non-hydrogen) atoms. The Morgan fingerprint density at radius 3 is 2.57 bits per heavy atom. The van der Waals surface area contributed by atoms with Crippen LogP contribution in [0.15, 0.2) is 24.3 Å². The van der Waals surface area contributed by atoms with Crippen molar-refractivity contribution in [2.24, 2.45) is 5.92 Å². The van der Waals surface area contributed by atoms with Crippen molar-refractivity contribution in [1.29, 1.82) is 0 Å². The average molecular weight is 295 g/mol. The Morgan fingerprint density at radius 1 is 1.38 bits per heavy atom. The monoisotopic (exact) mass is 295 g/mol. The molecule has 1 fully saturated rings. The maximum Gasteiger partial charge on any atom is 0.222 e. The molecule has 0 unspecified atom stereocenters. The molecule has 0 aliphatic carbocycles. The number of halogens is 1. The number of rotatable bonds is 6. The van der Waals surface area contributed by atoms with E-state index >= 15 is 0 Å². The summed E-state index contributed by atoms with van der Waals surface area (Å²) in [6.07, 6.45) is 1.00. The van der Waals surface area contributed by atoms with Gasteiger partial charge < -0.3 is 14.7 Å². The number of hydrogen-bond donors (Lipinski definition) is 1. The van der Waals surface area contributed by atoms with E-state index in [0.717, 1.165) is 0 Å². The highest BCUT2D eigenvalue weighted by Gasteiger charge is 2.45. The van der Waals surface area contributed by atoms with Crippen molar-refractivity contribution < 1.29 is 19.0 Å². The van der Waals surface area contributed by atoms with Crippen LogP contribution in [0.1, 0.15) is 26.7 Å². The highest BCUT2D eigenvalue weighted by Crippen LogP contribution is 2.29. The number of carbonyl (C=O) groups is 1. The summed E-state index contributed by atoms with van der Waals surface area (Å²) in [5.41, 5.74) is -0.722. The summed E-state index contributed by atoms with van der Waals surface area (Å²) >= 11 is 0. The third-order valence-corrected chi connectivity index (χ3v) is 3.97. The molecule has 1 aliphatic heterocycles. The molecule has 0 saturated carbocycles. The largest absolute Gasteiger partial charge is 0.494 e. The molecular formula is C16H22FNO3. The molecule has 0 radical (unpaired) electrons. The lowest BCUT2D eigenvalue weighted by molar-refractivity contribution is -0.163. The summed E-state index contributed by atoms with van der Waals surface area (Å²) in [6.45, 7) is 5.17. The van der Waals surface area contributed by atoms with E-state index in [-0.39, 0.29) is 17.6 Å². The molecular weight excluding hydrogens is 273 g/mol. The molecule has 1 heterocycles. The van der Waals surface area contributed by atoms with Crippen LogP contribution in [0, 0.1) is 11.7 Å². The number of hydrogen-bond acceptors (Lipinski definition) is 3. The Kier molecular flexibility index (Phi) is 4.83. The van der Waals surface area contributed by atoms with Crippen LogP contribution in [0.5, 0.6) is 5.75 Å². The van der Waals surface area contributed by atoms with E-state index in [1.165, 1.54) is 12.1 Å². The van der Waals surface area contributed by atoms with Gasteiger partial charge in [0.05, 0.1) is 19.7 Å². The van der Waals surface area contributed by atoms with E-state index < -0.39 is 5.60 Å². The zero-order valence-corrected chi connectivity index (χ0v) is 12.5. The van der Waals surface area contributed by atoms with E-state index in [1.54, 1.807) is 17.0 Å². The second-order valence-corrected chi connectivity index (χ2v) is 5.91. The zero-order chi connectivity index (χ0) is 15.5. The number of aliphatic hydroxyl groups is 1. The number of carbonyl (C=O) groups excluding carboxylic acids is 1. The Bertz CT molecular complexity index is 481. The zero-order valence-electron chi connectivity index (χ0n) is 12.5. The molecule has 4 nitrogen and oxygen atoms in total. The average Bonchev–Trinajstić information content (AvgIpc) is 2.41. The highest BCUT2D eigenvalue weighted by atomic mass is 19.1. The fourth-order valence-electron chi connectivity index (χ4n) is 2.26. The van der Waals surface area contributed by atoms with E-state index in [2.05, 4.69) is 0 Å². The number of benzene rings is 1. The summed E-state index contributed by atoms with van der Waals surface area (Å²) in [6, 6.07) is 5.81. The van der Waals surface area contributed by atoms with Gasteiger partial charge in [0, 0.05) is 6.42 Å². The van der Waals surface area contributed by atoms with Crippen LogP contribution >= 0.6 is 0 Å². The quantitative estimate of drug-likeness (QED) is 0.819. The van der Waals surface area contributed by atoms with Crippen molar-refractivity contribution in [3.05, 3.63) is 30.1 Å². The van der Waals surface area contributed by atoms with Gasteiger partial charge in [-0.05, 0) is 36.6 Å². The van der Waals surface area contributed by atoms with Crippen molar-refractivity contribution in [1.82, 2.24) is 4.90 Å². The second-order valence-electron chi connectivity index (χ2n) is 5.91. The lowest BCUT2D eigenvalue weighted by atomic mass is 9.83. The van der Waals surface area contributed by atoms with Crippen LogP contribution in [-0.2, 0) is 4.79 Å². The standard InChI is InChI=1S/C16H22FNO3/c1-12(2)16(20)10-18(11-16)15(19)4-3-9-21-14-7-5-13(17)6-8-14/h5-8,12,20H,3-4,9-11H2,1-2H3. The van der Waals surface area contributed by atoms with Crippen LogP contribution in [0.3, 0.4) is 0 Å². The molecule has 0 aromatic heterocycles. The van der Waals surface area contributed by atoms with Gasteiger partial charge in [-0.3, -0.25) is 4.79 Å². The van der Waals surface area contributed by atoms with Crippen LogP contribution in [0.4, 0.5) is 4.39 Å². The van der Waals surface area contributed by atoms with E-state index in [0.29, 0.717) is 38.3 Å². The molecule has 2 rings (SSSR count). The molecule has 116 valence electrons. The molecule has 1 amide bonds. The summed E-state index contributed by atoms with van der Waals surface area (Å²) in [7, 11) is 0. The topological polar surface area (TPSA) is 49.8 Å². The Balaban J connectivity index is 1.63. The van der Waals surface area contributed by atoms with Gasteiger partial charge in [-0.2, -0.15) is 0 Å². The molecule has 0 bridgehead atoms. The smallest absolute Gasteiger partial charge is 0.222 e. The van der Waals surface area contributed by atoms with Crippen LogP contribution < -0.4 is 4.74 Å². The number of amides is 1. The Morgan fingerprint density at radius 2 is 2.00 bits per heavy atom. The van der Waals surface area contributed by atoms with Crippen molar-refractivity contribution in [2.45, 2.75) is 32.3 Å². The van der Waals surface area contributed by atoms with E-state index in [9.17, 15) is 14.3 Å². The first-order valence-corrected chi connectivity index (χ1v) is 7.29. The number of nitrogens with zero attached hydrogens (tertiary/aromatic N) is 1. The number of likely N-dealkylation sites (tertiary alicyclic amines) is 1. The highest BCUT2D eigenvalue weighted by molar-refractivity contribution is 5.77. The minimum atomic E-state index is -0.722. The van der Waals surface area contributed by atoms with Gasteiger partial charge in [-0.25, -0.2) is 4.39 Å². The third kappa shape index (κ3) is 3.94. The fraction of sp³-hybridized carbons (Fsp3) is 0.562. The van der Waals surface area contributed by atoms with Crippen molar-refractivity contribution in [3.8, 4) is 5.75 Å². The molecule has 0 spiro atoms. The Labute approximate surface area is 124 Å². The first-order valence-electron chi connectivity index (χ1n) is 7.29. The second kappa shape index (κ2) is 6.43. The Hall–Kier alpha value is -1.62. The molecule has 1 aromatic rings. The predicted octanol–water partition coefficient (Wildman–Crippen LogP) is 2.21. The van der Waals surface area contributed by atoms with Gasteiger partial charge in [-0.15, -0.1) is 0 Å². The van der Waals surface area contributed by atoms with Crippen LogP contribution in [-0.4, -0.2) is 41.2 Å². The van der Waals surface area contributed by atoms with Crippen molar-refractivity contribution in [2.75, 3.05) is 19.7 Å². The van der Waals surface area contributed by atoms with Gasteiger partial charge >= 0.3 is 0 Å². The molecule has 0 atom stereocenters. The lowest BCUT2D eigenvalue weighted by Crippen LogP contribution is -2.65. The minimum absolute atomic E-state index is 0.0445. The van der Waals surface area contributed by atoms with Gasteiger partial charge in [0.1, 0.15) is 17.2 Å². The first kappa shape index (κ1) is 15.8. The summed E-state index contributed by atoms with van der Waals surface area (Å²) in [5, 5.41) is 10.1. The lowest BCUT2D eigenvalue weighted by Gasteiger charge is -2.49. The fourth-order valence-corrected chi connectivity index (χ4v) is 2.26. The van der Waals surface area contributed by atoms with Crippen LogP contribution in [0.2, 0.25) is 0 Å². The minimum Gasteiger partial charge on any atom is -0.494 e. The van der Waals surface area contributed by atoms with Crippen molar-refractivity contribution >= 4 is 5.91 Å². The van der Waals surface area contributed by atoms with E-state index in [4.69, 9.17) is 4.74 Å².